The molecule has 0 aliphatic heterocycles. The van der Waals surface area contributed by atoms with Crippen LogP contribution in [0.25, 0.3) is 0 Å². The van der Waals surface area contributed by atoms with Crippen LogP contribution in [-0.2, 0) is 4.79 Å². The van der Waals surface area contributed by atoms with Crippen molar-refractivity contribution in [2.24, 2.45) is 11.8 Å². The Morgan fingerprint density at radius 1 is 1.14 bits per heavy atom. The molecule has 0 aliphatic carbocycles. The molecule has 2 amide bonds. The highest BCUT2D eigenvalue weighted by Gasteiger charge is 2.16. The SMILES string of the molecule is CC(C)CC(CNC(=O)NCCN(C)C(C)C)CC(=O)O. The van der Waals surface area contributed by atoms with E-state index in [1.807, 2.05) is 7.05 Å². The van der Waals surface area contributed by atoms with Gasteiger partial charge in [0.05, 0.1) is 0 Å². The molecular weight excluding hydrogens is 270 g/mol. The smallest absolute Gasteiger partial charge is 0.314 e. The largest absolute Gasteiger partial charge is 0.481 e. The van der Waals surface area contributed by atoms with Crippen LogP contribution in [0.1, 0.15) is 40.5 Å². The maximum absolute atomic E-state index is 11.7. The van der Waals surface area contributed by atoms with E-state index < -0.39 is 5.97 Å². The second-order valence-corrected chi connectivity index (χ2v) is 6.30. The maximum Gasteiger partial charge on any atom is 0.314 e. The molecule has 0 fully saturated rings. The molecule has 0 aromatic heterocycles. The van der Waals surface area contributed by atoms with E-state index in [9.17, 15) is 9.59 Å². The summed E-state index contributed by atoms with van der Waals surface area (Å²) in [6.07, 6.45) is 0.886. The third-order valence-electron chi connectivity index (χ3n) is 3.45. The lowest BCUT2D eigenvalue weighted by Crippen LogP contribution is -2.42. The lowest BCUT2D eigenvalue weighted by atomic mass is 9.94. The fourth-order valence-corrected chi connectivity index (χ4v) is 2.06. The minimum absolute atomic E-state index is 0.0217. The number of amides is 2. The maximum atomic E-state index is 11.7. The number of nitrogens with zero attached hydrogens (tertiary/aromatic N) is 1. The summed E-state index contributed by atoms with van der Waals surface area (Å²) >= 11 is 0. The number of carbonyl (C=O) groups excluding carboxylic acids is 1. The molecule has 0 bridgehead atoms. The van der Waals surface area contributed by atoms with Crippen molar-refractivity contribution < 1.29 is 14.7 Å². The summed E-state index contributed by atoms with van der Waals surface area (Å²) < 4.78 is 0. The summed E-state index contributed by atoms with van der Waals surface area (Å²) in [7, 11) is 2.01. The fraction of sp³-hybridized carbons (Fsp3) is 0.867. The van der Waals surface area contributed by atoms with Crippen LogP contribution in [0.5, 0.6) is 0 Å². The quantitative estimate of drug-likeness (QED) is 0.574. The highest BCUT2D eigenvalue weighted by atomic mass is 16.4. The van der Waals surface area contributed by atoms with E-state index in [-0.39, 0.29) is 18.4 Å². The second kappa shape index (κ2) is 10.4. The van der Waals surface area contributed by atoms with Gasteiger partial charge < -0.3 is 20.6 Å². The Bertz CT molecular complexity index is 319. The first-order valence-corrected chi connectivity index (χ1v) is 7.66. The second-order valence-electron chi connectivity index (χ2n) is 6.30. The zero-order valence-electron chi connectivity index (χ0n) is 14.0. The van der Waals surface area contributed by atoms with Gasteiger partial charge >= 0.3 is 12.0 Å². The first kappa shape index (κ1) is 19.7. The van der Waals surface area contributed by atoms with Crippen molar-refractivity contribution >= 4 is 12.0 Å². The Morgan fingerprint density at radius 2 is 1.76 bits per heavy atom. The minimum atomic E-state index is -0.818. The van der Waals surface area contributed by atoms with Gasteiger partial charge in [0.25, 0.3) is 0 Å². The zero-order valence-corrected chi connectivity index (χ0v) is 14.0. The first-order chi connectivity index (χ1) is 9.72. The molecule has 0 heterocycles. The molecule has 0 saturated heterocycles. The van der Waals surface area contributed by atoms with Gasteiger partial charge in [0.1, 0.15) is 0 Å². The van der Waals surface area contributed by atoms with Crippen molar-refractivity contribution in [3.8, 4) is 0 Å². The molecule has 0 aliphatic rings. The summed E-state index contributed by atoms with van der Waals surface area (Å²) in [4.78, 5) is 24.6. The van der Waals surface area contributed by atoms with Crippen LogP contribution in [0.3, 0.4) is 0 Å². The van der Waals surface area contributed by atoms with Crippen LogP contribution in [-0.4, -0.2) is 54.7 Å². The Balaban J connectivity index is 3.98. The number of rotatable bonds is 10. The predicted octanol–water partition coefficient (Wildman–Crippen LogP) is 1.76. The number of carbonyl (C=O) groups is 2. The van der Waals surface area contributed by atoms with Crippen LogP contribution < -0.4 is 10.6 Å². The lowest BCUT2D eigenvalue weighted by Gasteiger charge is -2.21. The Kier molecular flexibility index (Phi) is 9.78. The van der Waals surface area contributed by atoms with Crippen molar-refractivity contribution in [1.82, 2.24) is 15.5 Å². The summed E-state index contributed by atoms with van der Waals surface area (Å²) in [5.74, 6) is -0.424. The molecule has 0 spiro atoms. The number of hydrogen-bond donors (Lipinski definition) is 3. The molecule has 1 atom stereocenters. The van der Waals surface area contributed by atoms with Crippen LogP contribution in [0.4, 0.5) is 4.79 Å². The van der Waals surface area contributed by atoms with Crippen molar-refractivity contribution in [3.63, 3.8) is 0 Å². The van der Waals surface area contributed by atoms with Gasteiger partial charge in [0, 0.05) is 32.1 Å². The van der Waals surface area contributed by atoms with Crippen molar-refractivity contribution in [2.45, 2.75) is 46.6 Å². The number of nitrogens with one attached hydrogen (secondary N) is 2. The topological polar surface area (TPSA) is 81.7 Å². The van der Waals surface area contributed by atoms with Gasteiger partial charge in [-0.1, -0.05) is 13.8 Å². The van der Waals surface area contributed by atoms with Crippen molar-refractivity contribution in [3.05, 3.63) is 0 Å². The molecule has 6 nitrogen and oxygen atoms in total. The normalized spacial score (nSPS) is 12.8. The third kappa shape index (κ3) is 11.1. The molecule has 0 saturated carbocycles. The third-order valence-corrected chi connectivity index (χ3v) is 3.45. The van der Waals surface area contributed by atoms with E-state index in [1.165, 1.54) is 0 Å². The first-order valence-electron chi connectivity index (χ1n) is 7.66. The van der Waals surface area contributed by atoms with Gasteiger partial charge in [-0.2, -0.15) is 0 Å². The lowest BCUT2D eigenvalue weighted by molar-refractivity contribution is -0.138. The van der Waals surface area contributed by atoms with E-state index in [4.69, 9.17) is 5.11 Å². The molecule has 21 heavy (non-hydrogen) atoms. The average molecular weight is 301 g/mol. The number of carboxylic acid groups (broad SMARTS) is 1. The Hall–Kier alpha value is -1.30. The van der Waals surface area contributed by atoms with E-state index in [1.54, 1.807) is 0 Å². The number of urea groups is 1. The van der Waals surface area contributed by atoms with Gasteiger partial charge in [-0.15, -0.1) is 0 Å². The van der Waals surface area contributed by atoms with Crippen molar-refractivity contribution in [1.29, 1.82) is 0 Å². The minimum Gasteiger partial charge on any atom is -0.481 e. The van der Waals surface area contributed by atoms with Crippen LogP contribution >= 0.6 is 0 Å². The highest BCUT2D eigenvalue weighted by Crippen LogP contribution is 2.14. The molecule has 0 radical (unpaired) electrons. The standard InChI is InChI=1S/C15H31N3O3/c1-11(2)8-13(9-14(19)20)10-17-15(21)16-6-7-18(5)12(3)4/h11-13H,6-10H2,1-5H3,(H,19,20)(H2,16,17,21). The Labute approximate surface area is 128 Å². The summed E-state index contributed by atoms with van der Waals surface area (Å²) in [5, 5.41) is 14.4. The molecular formula is C15H31N3O3. The number of carboxylic acids is 1. The van der Waals surface area contributed by atoms with Gasteiger partial charge in [-0.05, 0) is 39.2 Å². The van der Waals surface area contributed by atoms with Gasteiger partial charge in [-0.3, -0.25) is 4.79 Å². The predicted molar refractivity (Wildman–Crippen MR) is 84.4 cm³/mol. The fourth-order valence-electron chi connectivity index (χ4n) is 2.06. The van der Waals surface area contributed by atoms with Crippen LogP contribution in [0.15, 0.2) is 0 Å². The van der Waals surface area contributed by atoms with Crippen LogP contribution in [0.2, 0.25) is 0 Å². The summed E-state index contributed by atoms with van der Waals surface area (Å²) in [6.45, 7) is 10.1. The van der Waals surface area contributed by atoms with Crippen LogP contribution in [0, 0.1) is 11.8 Å². The molecule has 1 unspecified atom stereocenters. The molecule has 0 aromatic carbocycles. The van der Waals surface area contributed by atoms with Gasteiger partial charge in [0.15, 0.2) is 0 Å². The van der Waals surface area contributed by atoms with E-state index in [2.05, 4.69) is 43.2 Å². The van der Waals surface area contributed by atoms with E-state index in [0.29, 0.717) is 25.0 Å². The zero-order chi connectivity index (χ0) is 16.4. The summed E-state index contributed by atoms with van der Waals surface area (Å²) in [6, 6.07) is 0.215. The number of aliphatic carboxylic acids is 1. The molecule has 6 heteroatoms. The van der Waals surface area contributed by atoms with Gasteiger partial charge in [-0.25, -0.2) is 4.79 Å². The number of likely N-dealkylation sites (N-methyl/N-ethyl adjacent to an activating group) is 1. The monoisotopic (exact) mass is 301 g/mol. The number of hydrogen-bond acceptors (Lipinski definition) is 3. The van der Waals surface area contributed by atoms with Gasteiger partial charge in [0.2, 0.25) is 0 Å². The average Bonchev–Trinajstić information content (AvgIpc) is 2.34. The molecule has 3 N–H and O–H groups in total. The van der Waals surface area contributed by atoms with E-state index >= 15 is 0 Å². The Morgan fingerprint density at radius 3 is 2.24 bits per heavy atom. The van der Waals surface area contributed by atoms with E-state index in [0.717, 1.165) is 13.0 Å². The molecule has 0 aromatic rings. The summed E-state index contributed by atoms with van der Waals surface area (Å²) in [5.41, 5.74) is 0. The van der Waals surface area contributed by atoms with Crippen molar-refractivity contribution in [2.75, 3.05) is 26.7 Å². The molecule has 0 rings (SSSR count). The molecule has 124 valence electrons. The highest BCUT2D eigenvalue weighted by molar-refractivity contribution is 5.74.